The van der Waals surface area contributed by atoms with E-state index in [2.05, 4.69) is 5.32 Å². The number of sulfonamides is 1. The van der Waals surface area contributed by atoms with Gasteiger partial charge in [-0.1, -0.05) is 49.4 Å². The van der Waals surface area contributed by atoms with E-state index in [-0.39, 0.29) is 30.6 Å². The van der Waals surface area contributed by atoms with Crippen molar-refractivity contribution in [2.75, 3.05) is 37.4 Å². The second-order valence-corrected chi connectivity index (χ2v) is 12.4. The topological polar surface area (TPSA) is 114 Å². The predicted molar refractivity (Wildman–Crippen MR) is 165 cm³/mol. The molecule has 2 amide bonds. The van der Waals surface area contributed by atoms with Gasteiger partial charge in [0.1, 0.15) is 31.5 Å². The van der Waals surface area contributed by atoms with Gasteiger partial charge in [-0.05, 0) is 48.7 Å². The Balaban J connectivity index is 1.74. The normalized spacial score (nSPS) is 13.9. The van der Waals surface area contributed by atoms with E-state index in [1.165, 1.54) is 4.90 Å². The second-order valence-electron chi connectivity index (χ2n) is 10.5. The van der Waals surface area contributed by atoms with Crippen molar-refractivity contribution in [3.8, 4) is 17.2 Å². The minimum absolute atomic E-state index is 0.0558. The molecule has 3 aromatic carbocycles. The third-order valence-electron chi connectivity index (χ3n) is 7.25. The third kappa shape index (κ3) is 8.41. The van der Waals surface area contributed by atoms with E-state index in [0.29, 0.717) is 36.9 Å². The van der Waals surface area contributed by atoms with E-state index in [0.717, 1.165) is 21.7 Å². The van der Waals surface area contributed by atoms with Crippen LogP contribution in [0.4, 0.5) is 5.69 Å². The first-order chi connectivity index (χ1) is 20.6. The first-order valence-corrected chi connectivity index (χ1v) is 16.1. The summed E-state index contributed by atoms with van der Waals surface area (Å²) in [5.41, 5.74) is 1.85. The largest absolute Gasteiger partial charge is 0.497 e. The number of hydrogen-bond donors (Lipinski definition) is 1. The predicted octanol–water partition coefficient (Wildman–Crippen LogP) is 3.79. The molecule has 1 aliphatic heterocycles. The summed E-state index contributed by atoms with van der Waals surface area (Å²) in [5, 5.41) is 3.02. The summed E-state index contributed by atoms with van der Waals surface area (Å²) >= 11 is 0. The van der Waals surface area contributed by atoms with Crippen molar-refractivity contribution in [1.29, 1.82) is 0 Å². The first-order valence-electron chi connectivity index (χ1n) is 14.2. The van der Waals surface area contributed by atoms with Gasteiger partial charge in [-0.3, -0.25) is 13.9 Å². The van der Waals surface area contributed by atoms with Crippen LogP contribution in [-0.4, -0.2) is 70.3 Å². The monoisotopic (exact) mass is 609 g/mol. The van der Waals surface area contributed by atoms with Gasteiger partial charge in [-0.15, -0.1) is 0 Å². The maximum Gasteiger partial charge on any atom is 0.244 e. The van der Waals surface area contributed by atoms with Crippen LogP contribution in [-0.2, 0) is 32.6 Å². The number of hydrogen-bond acceptors (Lipinski definition) is 7. The Morgan fingerprint density at radius 1 is 0.953 bits per heavy atom. The smallest absolute Gasteiger partial charge is 0.244 e. The second kappa shape index (κ2) is 14.3. The molecular weight excluding hydrogens is 570 g/mol. The summed E-state index contributed by atoms with van der Waals surface area (Å²) in [6, 6.07) is 20.4. The van der Waals surface area contributed by atoms with Gasteiger partial charge >= 0.3 is 0 Å². The molecule has 0 fully saturated rings. The lowest BCUT2D eigenvalue weighted by atomic mass is 10.0. The van der Waals surface area contributed by atoms with E-state index in [4.69, 9.17) is 14.2 Å². The molecule has 10 nitrogen and oxygen atoms in total. The van der Waals surface area contributed by atoms with Crippen molar-refractivity contribution in [1.82, 2.24) is 10.2 Å². The van der Waals surface area contributed by atoms with Crippen molar-refractivity contribution < 1.29 is 32.2 Å². The van der Waals surface area contributed by atoms with Crippen LogP contribution in [0.3, 0.4) is 0 Å². The minimum Gasteiger partial charge on any atom is -0.497 e. The van der Waals surface area contributed by atoms with Crippen LogP contribution in [0.5, 0.6) is 17.2 Å². The molecule has 4 rings (SSSR count). The van der Waals surface area contributed by atoms with E-state index >= 15 is 0 Å². The van der Waals surface area contributed by atoms with E-state index in [9.17, 15) is 18.0 Å². The highest BCUT2D eigenvalue weighted by atomic mass is 32.2. The number of nitrogens with zero attached hydrogens (tertiary/aromatic N) is 2. The number of anilines is 1. The lowest BCUT2D eigenvalue weighted by molar-refractivity contribution is -0.140. The highest BCUT2D eigenvalue weighted by molar-refractivity contribution is 7.92. The van der Waals surface area contributed by atoms with Crippen LogP contribution in [0.15, 0.2) is 72.8 Å². The molecule has 11 heteroatoms. The number of benzene rings is 3. The molecule has 0 saturated heterocycles. The Hall–Kier alpha value is -4.25. The molecule has 0 unspecified atom stereocenters. The molecule has 0 spiro atoms. The van der Waals surface area contributed by atoms with Gasteiger partial charge in [0, 0.05) is 25.1 Å². The van der Waals surface area contributed by atoms with Crippen LogP contribution in [0, 0.1) is 0 Å². The molecule has 0 aromatic heterocycles. The zero-order chi connectivity index (χ0) is 31.0. The van der Waals surface area contributed by atoms with Gasteiger partial charge in [0.2, 0.25) is 21.8 Å². The Morgan fingerprint density at radius 3 is 2.33 bits per heavy atom. The Bertz CT molecular complexity index is 1510. The maximum atomic E-state index is 14.3. The number of carbonyl (C=O) groups excluding carboxylic acids is 2. The average Bonchev–Trinajstić information content (AvgIpc) is 3.01. The van der Waals surface area contributed by atoms with Crippen molar-refractivity contribution in [3.05, 3.63) is 83.9 Å². The van der Waals surface area contributed by atoms with E-state index in [1.54, 1.807) is 43.5 Å². The molecule has 1 heterocycles. The summed E-state index contributed by atoms with van der Waals surface area (Å²) in [7, 11) is -2.36. The zero-order valence-corrected chi connectivity index (χ0v) is 25.8. The van der Waals surface area contributed by atoms with Gasteiger partial charge in [-0.2, -0.15) is 0 Å². The highest BCUT2D eigenvalue weighted by Gasteiger charge is 2.34. The molecule has 230 valence electrons. The summed E-state index contributed by atoms with van der Waals surface area (Å²) in [6.07, 6.45) is 1.99. The fourth-order valence-corrected chi connectivity index (χ4v) is 5.60. The van der Waals surface area contributed by atoms with E-state index < -0.39 is 28.5 Å². The van der Waals surface area contributed by atoms with Gasteiger partial charge < -0.3 is 24.4 Å². The molecule has 2 atom stereocenters. The van der Waals surface area contributed by atoms with Crippen LogP contribution in [0.2, 0.25) is 0 Å². The number of rotatable bonds is 13. The lowest BCUT2D eigenvalue weighted by Gasteiger charge is -2.34. The van der Waals surface area contributed by atoms with Crippen LogP contribution >= 0.6 is 0 Å². The number of amides is 2. The first kappa shape index (κ1) is 31.7. The molecule has 0 radical (unpaired) electrons. The van der Waals surface area contributed by atoms with Gasteiger partial charge in [0.15, 0.2) is 11.5 Å². The highest BCUT2D eigenvalue weighted by Crippen LogP contribution is 2.35. The Kier molecular flexibility index (Phi) is 10.5. The molecule has 1 aliphatic rings. The molecule has 0 aliphatic carbocycles. The van der Waals surface area contributed by atoms with Gasteiger partial charge in [-0.25, -0.2) is 8.42 Å². The van der Waals surface area contributed by atoms with Crippen molar-refractivity contribution >= 4 is 27.5 Å². The molecule has 3 aromatic rings. The van der Waals surface area contributed by atoms with Crippen LogP contribution < -0.4 is 23.8 Å². The summed E-state index contributed by atoms with van der Waals surface area (Å²) < 4.78 is 43.8. The fourth-order valence-electron chi connectivity index (χ4n) is 4.76. The number of carbonyl (C=O) groups is 2. The van der Waals surface area contributed by atoms with Gasteiger partial charge in [0.25, 0.3) is 0 Å². The standard InChI is InChI=1S/C32H39N3O7S/c1-5-23(2)33-32(37)28(19-24-10-7-6-8-11-24)34(21-25-12-9-13-27(18-25)40-3)31(36)22-35(43(4,38)39)26-14-15-29-30(20-26)42-17-16-41-29/h6-15,18,20,23,28H,5,16-17,19,21-22H2,1-4H3,(H,33,37)/t23-,28+/m1/s1. The Morgan fingerprint density at radius 2 is 1.65 bits per heavy atom. The summed E-state index contributed by atoms with van der Waals surface area (Å²) in [4.78, 5) is 29.5. The molecule has 0 saturated carbocycles. The lowest BCUT2D eigenvalue weighted by Crippen LogP contribution is -2.54. The fraction of sp³-hybridized carbons (Fsp3) is 0.375. The number of ether oxygens (including phenoxy) is 3. The number of nitrogens with one attached hydrogen (secondary N) is 1. The molecule has 43 heavy (non-hydrogen) atoms. The van der Waals surface area contributed by atoms with E-state index in [1.807, 2.05) is 50.2 Å². The SMILES string of the molecule is CC[C@@H](C)NC(=O)[C@H](Cc1ccccc1)N(Cc1cccc(OC)c1)C(=O)CN(c1ccc2c(c1)OCCO2)S(C)(=O)=O. The van der Waals surface area contributed by atoms with Crippen molar-refractivity contribution in [3.63, 3.8) is 0 Å². The molecular formula is C32H39N3O7S. The van der Waals surface area contributed by atoms with Crippen molar-refractivity contribution in [2.45, 2.75) is 45.3 Å². The van der Waals surface area contributed by atoms with Gasteiger partial charge in [0.05, 0.1) is 19.1 Å². The summed E-state index contributed by atoms with van der Waals surface area (Å²) in [6.45, 7) is 4.12. The summed E-state index contributed by atoms with van der Waals surface area (Å²) in [5.74, 6) is 0.637. The number of methoxy groups -OCH3 is 1. The van der Waals surface area contributed by atoms with Crippen molar-refractivity contribution in [2.24, 2.45) is 0 Å². The van der Waals surface area contributed by atoms with Crippen LogP contribution in [0.25, 0.3) is 0 Å². The quantitative estimate of drug-likeness (QED) is 0.314. The Labute approximate surface area is 253 Å². The average molecular weight is 610 g/mol. The maximum absolute atomic E-state index is 14.3. The minimum atomic E-state index is -3.92. The molecule has 1 N–H and O–H groups in total. The van der Waals surface area contributed by atoms with Crippen LogP contribution in [0.1, 0.15) is 31.4 Å². The third-order valence-corrected chi connectivity index (χ3v) is 8.39. The zero-order valence-electron chi connectivity index (χ0n) is 25.0. The number of fused-ring (bicyclic) bond motifs is 1. The molecule has 0 bridgehead atoms.